The Bertz CT molecular complexity index is 703. The number of ether oxygens (including phenoxy) is 2. The minimum Gasteiger partial charge on any atom is -0.490 e. The molecule has 0 radical (unpaired) electrons. The molecule has 3 N–H and O–H groups in total. The van der Waals surface area contributed by atoms with E-state index in [9.17, 15) is 4.39 Å². The van der Waals surface area contributed by atoms with Crippen LogP contribution in [0.4, 0.5) is 10.1 Å². The van der Waals surface area contributed by atoms with Crippen molar-refractivity contribution in [3.8, 4) is 5.75 Å². The molecular formula is C17H17FN2O2. The lowest BCUT2D eigenvalue weighted by molar-refractivity contribution is 0.0488. The molecule has 1 atom stereocenters. The van der Waals surface area contributed by atoms with Crippen molar-refractivity contribution >= 4 is 11.4 Å². The molecule has 0 saturated heterocycles. The van der Waals surface area contributed by atoms with Crippen LogP contribution in [0.5, 0.6) is 5.75 Å². The number of hydrogen-bond donors (Lipinski definition) is 2. The molecule has 1 heterocycles. The van der Waals surface area contributed by atoms with Crippen molar-refractivity contribution < 1.29 is 13.9 Å². The molecule has 0 fully saturated rings. The zero-order valence-corrected chi connectivity index (χ0v) is 12.0. The van der Waals surface area contributed by atoms with Crippen molar-refractivity contribution in [3.05, 3.63) is 59.2 Å². The maximum Gasteiger partial charge on any atom is 0.157 e. The second-order valence-corrected chi connectivity index (χ2v) is 5.25. The molecule has 0 saturated carbocycles. The largest absolute Gasteiger partial charge is 0.490 e. The number of benzene rings is 2. The van der Waals surface area contributed by atoms with Gasteiger partial charge >= 0.3 is 0 Å². The molecule has 3 rings (SSSR count). The van der Waals surface area contributed by atoms with Gasteiger partial charge < -0.3 is 15.2 Å². The first kappa shape index (κ1) is 14.5. The van der Waals surface area contributed by atoms with Gasteiger partial charge in [0.15, 0.2) is 6.17 Å². The van der Waals surface area contributed by atoms with E-state index in [0.29, 0.717) is 29.3 Å². The predicted octanol–water partition coefficient (Wildman–Crippen LogP) is 2.93. The van der Waals surface area contributed by atoms with Gasteiger partial charge in [0, 0.05) is 16.8 Å². The smallest absolute Gasteiger partial charge is 0.157 e. The number of anilines is 1. The summed E-state index contributed by atoms with van der Waals surface area (Å²) < 4.78 is 24.5. The number of fused-ring (bicyclic) bond motifs is 4. The third-order valence-electron chi connectivity index (χ3n) is 3.51. The van der Waals surface area contributed by atoms with Crippen LogP contribution in [0.3, 0.4) is 0 Å². The highest BCUT2D eigenvalue weighted by molar-refractivity contribution is 6.14. The minimum atomic E-state index is -1.20. The molecule has 2 aromatic rings. The Kier molecular flexibility index (Phi) is 4.06. The van der Waals surface area contributed by atoms with Gasteiger partial charge in [0.1, 0.15) is 12.4 Å². The van der Waals surface area contributed by atoms with Crippen LogP contribution in [0.2, 0.25) is 0 Å². The standard InChI is InChI=1S/C17H17FN2O2/c18-13-9-21-8-11-2-1-3-12(6-11)17(20)15-7-14(22-10-13)4-5-16(15)19/h1-7,13,20H,8-10,19H2. The first-order valence-electron chi connectivity index (χ1n) is 7.06. The minimum absolute atomic E-state index is 0.0243. The van der Waals surface area contributed by atoms with Crippen LogP contribution >= 0.6 is 0 Å². The average Bonchev–Trinajstić information content (AvgIpc) is 2.53. The lowest BCUT2D eigenvalue weighted by atomic mass is 9.99. The van der Waals surface area contributed by atoms with E-state index in [1.165, 1.54) is 0 Å². The maximum absolute atomic E-state index is 13.7. The van der Waals surface area contributed by atoms with Gasteiger partial charge in [-0.3, -0.25) is 5.41 Å². The van der Waals surface area contributed by atoms with Gasteiger partial charge in [-0.15, -0.1) is 0 Å². The molecule has 0 aromatic heterocycles. The quantitative estimate of drug-likeness (QED) is 0.735. The van der Waals surface area contributed by atoms with Crippen LogP contribution in [0.25, 0.3) is 0 Å². The first-order chi connectivity index (χ1) is 10.6. The monoisotopic (exact) mass is 300 g/mol. The molecule has 0 amide bonds. The molecule has 22 heavy (non-hydrogen) atoms. The predicted molar refractivity (Wildman–Crippen MR) is 83.3 cm³/mol. The Balaban J connectivity index is 2.04. The van der Waals surface area contributed by atoms with E-state index >= 15 is 0 Å². The SMILES string of the molecule is N=C1c2cccc(c2)COCC(F)COc2ccc(N)c1c2. The fourth-order valence-corrected chi connectivity index (χ4v) is 2.35. The summed E-state index contributed by atoms with van der Waals surface area (Å²) in [7, 11) is 0. The van der Waals surface area contributed by atoms with Gasteiger partial charge in [0.05, 0.1) is 18.9 Å². The highest BCUT2D eigenvalue weighted by Gasteiger charge is 2.14. The Morgan fingerprint density at radius 2 is 2.00 bits per heavy atom. The van der Waals surface area contributed by atoms with Crippen molar-refractivity contribution in [2.75, 3.05) is 18.9 Å². The van der Waals surface area contributed by atoms with Crippen molar-refractivity contribution in [1.29, 1.82) is 5.41 Å². The van der Waals surface area contributed by atoms with Crippen molar-refractivity contribution in [2.24, 2.45) is 0 Å². The summed E-state index contributed by atoms with van der Waals surface area (Å²) in [5.41, 5.74) is 8.97. The molecule has 0 spiro atoms. The number of halogens is 1. The van der Waals surface area contributed by atoms with Crippen LogP contribution < -0.4 is 10.5 Å². The van der Waals surface area contributed by atoms with Crippen LogP contribution in [0.1, 0.15) is 16.7 Å². The fraction of sp³-hybridized carbons (Fsp3) is 0.235. The zero-order valence-electron chi connectivity index (χ0n) is 12.0. The molecule has 114 valence electrons. The molecule has 4 bridgehead atoms. The molecule has 0 aliphatic carbocycles. The van der Waals surface area contributed by atoms with Gasteiger partial charge in [0.25, 0.3) is 0 Å². The molecule has 1 aliphatic heterocycles. The van der Waals surface area contributed by atoms with E-state index in [4.69, 9.17) is 20.6 Å². The van der Waals surface area contributed by atoms with Crippen molar-refractivity contribution in [3.63, 3.8) is 0 Å². The highest BCUT2D eigenvalue weighted by atomic mass is 19.1. The third kappa shape index (κ3) is 3.09. The van der Waals surface area contributed by atoms with Gasteiger partial charge in [-0.2, -0.15) is 0 Å². The highest BCUT2D eigenvalue weighted by Crippen LogP contribution is 2.24. The van der Waals surface area contributed by atoms with Crippen molar-refractivity contribution in [1.82, 2.24) is 0 Å². The summed E-state index contributed by atoms with van der Waals surface area (Å²) in [6.45, 7) is 0.187. The number of nitrogens with two attached hydrogens (primary N) is 1. The molecular weight excluding hydrogens is 283 g/mol. The number of rotatable bonds is 0. The van der Waals surface area contributed by atoms with Crippen LogP contribution in [0.15, 0.2) is 42.5 Å². The Labute approximate surface area is 128 Å². The summed E-state index contributed by atoms with van der Waals surface area (Å²) >= 11 is 0. The van der Waals surface area contributed by atoms with Gasteiger partial charge in [-0.05, 0) is 29.8 Å². The van der Waals surface area contributed by atoms with Crippen LogP contribution in [-0.2, 0) is 11.3 Å². The van der Waals surface area contributed by atoms with Crippen molar-refractivity contribution in [2.45, 2.75) is 12.8 Å². The van der Waals surface area contributed by atoms with E-state index in [2.05, 4.69) is 0 Å². The lowest BCUT2D eigenvalue weighted by Gasteiger charge is -2.12. The summed E-state index contributed by atoms with van der Waals surface area (Å²) in [4.78, 5) is 0. The topological polar surface area (TPSA) is 68.3 Å². The Morgan fingerprint density at radius 3 is 2.86 bits per heavy atom. The van der Waals surface area contributed by atoms with E-state index in [1.807, 2.05) is 24.3 Å². The van der Waals surface area contributed by atoms with Crippen LogP contribution in [-0.4, -0.2) is 25.1 Å². The van der Waals surface area contributed by atoms with Crippen LogP contribution in [0, 0.1) is 5.41 Å². The lowest BCUT2D eigenvalue weighted by Crippen LogP contribution is -2.19. The second kappa shape index (κ2) is 6.15. The fourth-order valence-electron chi connectivity index (χ4n) is 2.35. The molecule has 5 heteroatoms. The first-order valence-corrected chi connectivity index (χ1v) is 7.06. The Morgan fingerprint density at radius 1 is 1.14 bits per heavy atom. The zero-order chi connectivity index (χ0) is 15.5. The number of nitrogen functional groups attached to an aromatic ring is 1. The number of hydrogen-bond acceptors (Lipinski definition) is 4. The van der Waals surface area contributed by atoms with Gasteiger partial charge in [0.2, 0.25) is 0 Å². The summed E-state index contributed by atoms with van der Waals surface area (Å²) in [6.07, 6.45) is -1.20. The van der Waals surface area contributed by atoms with Gasteiger partial charge in [-0.25, -0.2) is 4.39 Å². The average molecular weight is 300 g/mol. The summed E-state index contributed by atoms with van der Waals surface area (Å²) in [6, 6.07) is 12.5. The number of alkyl halides is 1. The normalized spacial score (nSPS) is 18.6. The van der Waals surface area contributed by atoms with E-state index in [-0.39, 0.29) is 13.2 Å². The molecule has 1 unspecified atom stereocenters. The maximum atomic E-state index is 13.7. The molecule has 2 aromatic carbocycles. The molecule has 1 aliphatic rings. The Hall–Kier alpha value is -2.40. The second-order valence-electron chi connectivity index (χ2n) is 5.25. The third-order valence-corrected chi connectivity index (χ3v) is 3.51. The summed E-state index contributed by atoms with van der Waals surface area (Å²) in [5, 5.41) is 8.37. The van der Waals surface area contributed by atoms with E-state index in [1.54, 1.807) is 18.2 Å². The van der Waals surface area contributed by atoms with E-state index in [0.717, 1.165) is 11.1 Å². The molecule has 4 nitrogen and oxygen atoms in total. The number of nitrogens with one attached hydrogen (secondary N) is 1. The summed E-state index contributed by atoms with van der Waals surface area (Å²) in [5.74, 6) is 0.493. The van der Waals surface area contributed by atoms with Gasteiger partial charge in [-0.1, -0.05) is 18.2 Å². The van der Waals surface area contributed by atoms with E-state index < -0.39 is 6.17 Å².